The molecule has 0 bridgehead atoms. The van der Waals surface area contributed by atoms with E-state index in [2.05, 4.69) is 0 Å². The molecule has 2 rings (SSSR count). The van der Waals surface area contributed by atoms with E-state index >= 15 is 0 Å². The Morgan fingerprint density at radius 2 is 2.06 bits per heavy atom. The fourth-order valence-electron chi connectivity index (χ4n) is 2.00. The lowest BCUT2D eigenvalue weighted by atomic mass is 10.2. The largest absolute Gasteiger partial charge is 0.494 e. The van der Waals surface area contributed by atoms with Crippen molar-refractivity contribution in [3.05, 3.63) is 29.8 Å². The Morgan fingerprint density at radius 1 is 1.39 bits per heavy atom. The number of nitrogens with zero attached hydrogens (tertiary/aromatic N) is 1. The zero-order valence-electron chi connectivity index (χ0n) is 10.8. The minimum atomic E-state index is 0.0750. The number of hydrogen-bond acceptors (Lipinski definition) is 3. The van der Waals surface area contributed by atoms with Gasteiger partial charge in [-0.1, -0.05) is 0 Å². The van der Waals surface area contributed by atoms with Crippen molar-refractivity contribution in [2.45, 2.75) is 25.8 Å². The molecule has 0 aromatic heterocycles. The maximum absolute atomic E-state index is 12.3. The molecule has 2 N–H and O–H groups in total. The number of benzene rings is 1. The molecule has 0 atom stereocenters. The summed E-state index contributed by atoms with van der Waals surface area (Å²) in [6.07, 6.45) is 2.20. The molecule has 1 saturated carbocycles. The molecule has 1 aliphatic rings. The number of nitrogens with two attached hydrogens (primary N) is 1. The summed E-state index contributed by atoms with van der Waals surface area (Å²) in [5.41, 5.74) is 6.27. The Morgan fingerprint density at radius 3 is 2.56 bits per heavy atom. The predicted octanol–water partition coefficient (Wildman–Crippen LogP) is 1.65. The van der Waals surface area contributed by atoms with E-state index in [-0.39, 0.29) is 5.91 Å². The second-order valence-corrected chi connectivity index (χ2v) is 4.48. The van der Waals surface area contributed by atoms with Gasteiger partial charge in [-0.25, -0.2) is 0 Å². The van der Waals surface area contributed by atoms with Crippen LogP contribution in [-0.2, 0) is 0 Å². The summed E-state index contributed by atoms with van der Waals surface area (Å²) in [7, 11) is 0. The van der Waals surface area contributed by atoms with E-state index in [0.717, 1.165) is 18.6 Å². The molecule has 98 valence electrons. The number of rotatable bonds is 6. The zero-order chi connectivity index (χ0) is 13.0. The molecule has 4 nitrogen and oxygen atoms in total. The van der Waals surface area contributed by atoms with Crippen LogP contribution in [0.1, 0.15) is 30.1 Å². The van der Waals surface area contributed by atoms with Crippen LogP contribution in [0, 0.1) is 0 Å². The van der Waals surface area contributed by atoms with Crippen molar-refractivity contribution in [1.82, 2.24) is 4.90 Å². The molecule has 1 aromatic carbocycles. The van der Waals surface area contributed by atoms with Crippen LogP contribution in [0.5, 0.6) is 5.75 Å². The van der Waals surface area contributed by atoms with Gasteiger partial charge in [0.15, 0.2) is 0 Å². The Bertz CT molecular complexity index is 399. The number of carbonyl (C=O) groups excluding carboxylic acids is 1. The molecule has 1 aromatic rings. The second-order valence-electron chi connectivity index (χ2n) is 4.48. The Balaban J connectivity index is 2.06. The van der Waals surface area contributed by atoms with Crippen LogP contribution in [0.4, 0.5) is 0 Å². The number of amides is 1. The first-order chi connectivity index (χ1) is 8.76. The minimum Gasteiger partial charge on any atom is -0.494 e. The molecule has 1 amide bonds. The molecule has 0 spiro atoms. The van der Waals surface area contributed by atoms with Crippen LogP contribution >= 0.6 is 0 Å². The first kappa shape index (κ1) is 12.9. The molecular formula is C14H20N2O2. The van der Waals surface area contributed by atoms with Gasteiger partial charge in [-0.3, -0.25) is 4.79 Å². The van der Waals surface area contributed by atoms with Gasteiger partial charge in [0.1, 0.15) is 5.75 Å². The molecule has 1 aliphatic carbocycles. The maximum Gasteiger partial charge on any atom is 0.254 e. The highest BCUT2D eigenvalue weighted by atomic mass is 16.5. The Labute approximate surface area is 108 Å². The van der Waals surface area contributed by atoms with Gasteiger partial charge in [-0.2, -0.15) is 0 Å². The summed E-state index contributed by atoms with van der Waals surface area (Å²) < 4.78 is 5.36. The van der Waals surface area contributed by atoms with E-state index in [9.17, 15) is 4.79 Å². The van der Waals surface area contributed by atoms with Crippen LogP contribution in [0.15, 0.2) is 24.3 Å². The van der Waals surface area contributed by atoms with Crippen LogP contribution in [0.25, 0.3) is 0 Å². The molecular weight excluding hydrogens is 228 g/mol. The molecule has 0 unspecified atom stereocenters. The van der Waals surface area contributed by atoms with E-state index in [1.807, 2.05) is 36.1 Å². The van der Waals surface area contributed by atoms with Crippen LogP contribution in [0.3, 0.4) is 0 Å². The smallest absolute Gasteiger partial charge is 0.254 e. The van der Waals surface area contributed by atoms with Gasteiger partial charge < -0.3 is 15.4 Å². The minimum absolute atomic E-state index is 0.0750. The summed E-state index contributed by atoms with van der Waals surface area (Å²) in [4.78, 5) is 14.2. The summed E-state index contributed by atoms with van der Waals surface area (Å²) in [5, 5.41) is 0. The Hall–Kier alpha value is -1.55. The molecule has 1 fully saturated rings. The van der Waals surface area contributed by atoms with Gasteiger partial charge in [0.25, 0.3) is 5.91 Å². The summed E-state index contributed by atoms with van der Waals surface area (Å²) in [6, 6.07) is 7.71. The van der Waals surface area contributed by atoms with Crippen molar-refractivity contribution in [2.24, 2.45) is 5.73 Å². The van der Waals surface area contributed by atoms with Crippen molar-refractivity contribution in [3.8, 4) is 5.75 Å². The predicted molar refractivity (Wildman–Crippen MR) is 70.7 cm³/mol. The van der Waals surface area contributed by atoms with Gasteiger partial charge in [0.2, 0.25) is 0 Å². The summed E-state index contributed by atoms with van der Waals surface area (Å²) in [6.45, 7) is 3.72. The highest BCUT2D eigenvalue weighted by Gasteiger charge is 2.32. The third kappa shape index (κ3) is 3.01. The monoisotopic (exact) mass is 248 g/mol. The normalized spacial score (nSPS) is 14.3. The lowest BCUT2D eigenvalue weighted by molar-refractivity contribution is 0.0748. The third-order valence-corrected chi connectivity index (χ3v) is 3.03. The van der Waals surface area contributed by atoms with Crippen molar-refractivity contribution < 1.29 is 9.53 Å². The summed E-state index contributed by atoms with van der Waals surface area (Å²) in [5.74, 6) is 0.872. The van der Waals surface area contributed by atoms with E-state index < -0.39 is 0 Å². The van der Waals surface area contributed by atoms with E-state index in [4.69, 9.17) is 10.5 Å². The first-order valence-corrected chi connectivity index (χ1v) is 6.50. The molecule has 4 heteroatoms. The fourth-order valence-corrected chi connectivity index (χ4v) is 2.00. The second kappa shape index (κ2) is 5.87. The third-order valence-electron chi connectivity index (χ3n) is 3.03. The number of hydrogen-bond donors (Lipinski definition) is 1. The average molecular weight is 248 g/mol. The molecule has 18 heavy (non-hydrogen) atoms. The standard InChI is InChI=1S/C14H20N2O2/c1-2-18-13-7-3-11(4-8-13)14(17)16(10-9-15)12-5-6-12/h3-4,7-8,12H,2,5-6,9-10,15H2,1H3. The topological polar surface area (TPSA) is 55.6 Å². The SMILES string of the molecule is CCOc1ccc(C(=O)N(CCN)C2CC2)cc1. The zero-order valence-corrected chi connectivity index (χ0v) is 10.8. The highest BCUT2D eigenvalue weighted by molar-refractivity contribution is 5.94. The van der Waals surface area contributed by atoms with Gasteiger partial charge in [0.05, 0.1) is 6.61 Å². The highest BCUT2D eigenvalue weighted by Crippen LogP contribution is 2.28. The average Bonchev–Trinajstić information content (AvgIpc) is 3.21. The van der Waals surface area contributed by atoms with Crippen molar-refractivity contribution >= 4 is 5.91 Å². The van der Waals surface area contributed by atoms with Gasteiger partial charge in [0, 0.05) is 24.7 Å². The van der Waals surface area contributed by atoms with Crippen LogP contribution in [-0.4, -0.2) is 36.5 Å². The molecule has 0 heterocycles. The van der Waals surface area contributed by atoms with Crippen molar-refractivity contribution in [1.29, 1.82) is 0 Å². The van der Waals surface area contributed by atoms with Gasteiger partial charge in [-0.15, -0.1) is 0 Å². The lowest BCUT2D eigenvalue weighted by Crippen LogP contribution is -2.37. The van der Waals surface area contributed by atoms with Crippen molar-refractivity contribution in [2.75, 3.05) is 19.7 Å². The first-order valence-electron chi connectivity index (χ1n) is 6.50. The molecule has 0 radical (unpaired) electrons. The number of ether oxygens (including phenoxy) is 1. The van der Waals surface area contributed by atoms with E-state index in [0.29, 0.717) is 31.3 Å². The van der Waals surface area contributed by atoms with Crippen LogP contribution in [0.2, 0.25) is 0 Å². The summed E-state index contributed by atoms with van der Waals surface area (Å²) >= 11 is 0. The molecule has 0 aliphatic heterocycles. The Kier molecular flexibility index (Phi) is 4.20. The number of carbonyl (C=O) groups is 1. The van der Waals surface area contributed by atoms with Crippen LogP contribution < -0.4 is 10.5 Å². The fraction of sp³-hybridized carbons (Fsp3) is 0.500. The van der Waals surface area contributed by atoms with E-state index in [1.165, 1.54) is 0 Å². The quantitative estimate of drug-likeness (QED) is 0.832. The van der Waals surface area contributed by atoms with E-state index in [1.54, 1.807) is 0 Å². The van der Waals surface area contributed by atoms with Gasteiger partial charge >= 0.3 is 0 Å². The molecule has 0 saturated heterocycles. The maximum atomic E-state index is 12.3. The van der Waals surface area contributed by atoms with Crippen molar-refractivity contribution in [3.63, 3.8) is 0 Å². The van der Waals surface area contributed by atoms with Gasteiger partial charge in [-0.05, 0) is 44.0 Å². The lowest BCUT2D eigenvalue weighted by Gasteiger charge is -2.21.